The number of piperidine rings is 1. The fraction of sp³-hybridized carbons (Fsp3) is 0.643. The standard InChI is InChI=1S/C28H40N4O3/c1-20-16-21(2)18-30(17-20)13-7-14-32-26(33)24-12-11-23(25-10-6-15-35-25)31(24)19-28(32,3)27(34)29-22-8-4-5-9-22/h6,10-12,15,20-22H,4-5,7-9,13-14,16-19H2,1-3H3,(H,29,34)/t20-,21-,28-/m1/s1. The summed E-state index contributed by atoms with van der Waals surface area (Å²) >= 11 is 0. The fourth-order valence-electron chi connectivity index (χ4n) is 6.60. The van der Waals surface area contributed by atoms with E-state index in [0.717, 1.165) is 57.4 Å². The van der Waals surface area contributed by atoms with Crippen molar-refractivity contribution in [1.29, 1.82) is 0 Å². The second kappa shape index (κ2) is 9.84. The van der Waals surface area contributed by atoms with Gasteiger partial charge in [-0.3, -0.25) is 9.59 Å². The molecule has 2 aromatic heterocycles. The molecule has 0 aromatic carbocycles. The maximum Gasteiger partial charge on any atom is 0.271 e. The summed E-state index contributed by atoms with van der Waals surface area (Å²) in [7, 11) is 0. The van der Waals surface area contributed by atoms with E-state index in [4.69, 9.17) is 4.42 Å². The summed E-state index contributed by atoms with van der Waals surface area (Å²) in [5.74, 6) is 2.02. The second-order valence-corrected chi connectivity index (χ2v) is 11.4. The van der Waals surface area contributed by atoms with Gasteiger partial charge in [-0.25, -0.2) is 0 Å². The number of carbonyl (C=O) groups excluding carboxylic acids is 2. The first-order valence-corrected chi connectivity index (χ1v) is 13.4. The molecule has 190 valence electrons. The first kappa shape index (κ1) is 24.2. The van der Waals surface area contributed by atoms with Crippen molar-refractivity contribution < 1.29 is 14.0 Å². The average molecular weight is 481 g/mol. The highest BCUT2D eigenvalue weighted by Crippen LogP contribution is 2.34. The number of hydrogen-bond donors (Lipinski definition) is 1. The van der Waals surface area contributed by atoms with Crippen molar-refractivity contribution in [3.63, 3.8) is 0 Å². The Balaban J connectivity index is 1.38. The van der Waals surface area contributed by atoms with Gasteiger partial charge in [0.05, 0.1) is 18.5 Å². The topological polar surface area (TPSA) is 70.7 Å². The molecule has 2 aromatic rings. The lowest BCUT2D eigenvalue weighted by Gasteiger charge is -2.45. The summed E-state index contributed by atoms with van der Waals surface area (Å²) < 4.78 is 7.61. The Morgan fingerprint density at radius 2 is 1.80 bits per heavy atom. The Morgan fingerprint density at radius 3 is 2.49 bits per heavy atom. The molecule has 0 unspecified atom stereocenters. The SMILES string of the molecule is C[C@@H]1C[C@@H](C)CN(CCCN2C(=O)c3ccc(-c4ccco4)n3C[C@]2(C)C(=O)NC2CCCC2)C1. The van der Waals surface area contributed by atoms with E-state index in [1.807, 2.05) is 40.7 Å². The van der Waals surface area contributed by atoms with Gasteiger partial charge in [-0.05, 0) is 75.3 Å². The fourth-order valence-corrected chi connectivity index (χ4v) is 6.60. The summed E-state index contributed by atoms with van der Waals surface area (Å²) in [6.07, 6.45) is 8.14. The molecule has 0 bridgehead atoms. The van der Waals surface area contributed by atoms with Crippen molar-refractivity contribution >= 4 is 11.8 Å². The number of amides is 2. The molecule has 7 heteroatoms. The van der Waals surface area contributed by atoms with Gasteiger partial charge in [0.2, 0.25) is 5.91 Å². The number of nitrogens with one attached hydrogen (secondary N) is 1. The third-order valence-corrected chi connectivity index (χ3v) is 8.26. The largest absolute Gasteiger partial charge is 0.463 e. The van der Waals surface area contributed by atoms with Crippen molar-refractivity contribution in [3.05, 3.63) is 36.2 Å². The van der Waals surface area contributed by atoms with Crippen molar-refractivity contribution in [2.75, 3.05) is 26.2 Å². The Kier molecular flexibility index (Phi) is 6.80. The van der Waals surface area contributed by atoms with E-state index >= 15 is 0 Å². The minimum absolute atomic E-state index is 0.0392. The van der Waals surface area contributed by atoms with E-state index in [9.17, 15) is 9.59 Å². The zero-order valence-corrected chi connectivity index (χ0v) is 21.5. The lowest BCUT2D eigenvalue weighted by atomic mass is 9.91. The molecule has 35 heavy (non-hydrogen) atoms. The molecule has 3 aliphatic rings. The molecule has 1 saturated carbocycles. The Hall–Kier alpha value is -2.54. The summed E-state index contributed by atoms with van der Waals surface area (Å²) in [5.41, 5.74) is 0.520. The third kappa shape index (κ3) is 4.80. The van der Waals surface area contributed by atoms with E-state index < -0.39 is 5.54 Å². The molecule has 2 aliphatic heterocycles. The van der Waals surface area contributed by atoms with Crippen LogP contribution in [0, 0.1) is 11.8 Å². The molecule has 7 nitrogen and oxygen atoms in total. The summed E-state index contributed by atoms with van der Waals surface area (Å²) in [6.45, 7) is 10.8. The van der Waals surface area contributed by atoms with Crippen LogP contribution in [-0.2, 0) is 11.3 Å². The molecule has 0 spiro atoms. The van der Waals surface area contributed by atoms with Crippen LogP contribution in [0.4, 0.5) is 0 Å². The van der Waals surface area contributed by atoms with Gasteiger partial charge in [0, 0.05) is 25.7 Å². The molecular weight excluding hydrogens is 440 g/mol. The highest BCUT2D eigenvalue weighted by atomic mass is 16.3. The quantitative estimate of drug-likeness (QED) is 0.638. The van der Waals surface area contributed by atoms with Crippen LogP contribution in [-0.4, -0.2) is 63.9 Å². The van der Waals surface area contributed by atoms with Crippen LogP contribution in [0.2, 0.25) is 0 Å². The molecule has 5 rings (SSSR count). The predicted octanol–water partition coefficient (Wildman–Crippen LogP) is 4.39. The van der Waals surface area contributed by atoms with Gasteiger partial charge in [-0.15, -0.1) is 0 Å². The monoisotopic (exact) mass is 480 g/mol. The van der Waals surface area contributed by atoms with Crippen molar-refractivity contribution in [1.82, 2.24) is 19.7 Å². The molecule has 1 N–H and O–H groups in total. The number of rotatable bonds is 7. The van der Waals surface area contributed by atoms with Crippen LogP contribution < -0.4 is 5.32 Å². The van der Waals surface area contributed by atoms with Crippen molar-refractivity contribution in [3.8, 4) is 11.5 Å². The summed E-state index contributed by atoms with van der Waals surface area (Å²) in [5, 5.41) is 3.29. The highest BCUT2D eigenvalue weighted by molar-refractivity contribution is 6.00. The van der Waals surface area contributed by atoms with Gasteiger partial charge in [0.15, 0.2) is 0 Å². The minimum atomic E-state index is -0.949. The van der Waals surface area contributed by atoms with E-state index in [1.54, 1.807) is 6.26 Å². The number of nitrogens with zero attached hydrogens (tertiary/aromatic N) is 3. The molecule has 2 amide bonds. The first-order chi connectivity index (χ1) is 16.8. The van der Waals surface area contributed by atoms with Crippen LogP contribution >= 0.6 is 0 Å². The average Bonchev–Trinajstić information content (AvgIpc) is 3.57. The number of hydrogen-bond acceptors (Lipinski definition) is 4. The second-order valence-electron chi connectivity index (χ2n) is 11.4. The third-order valence-electron chi connectivity index (χ3n) is 8.26. The summed E-state index contributed by atoms with van der Waals surface area (Å²) in [6, 6.07) is 7.76. The molecule has 0 radical (unpaired) electrons. The Bertz CT molecular complexity index is 1030. The maximum absolute atomic E-state index is 13.8. The van der Waals surface area contributed by atoms with Crippen LogP contribution in [0.5, 0.6) is 0 Å². The number of likely N-dealkylation sites (tertiary alicyclic amines) is 1. The number of fused-ring (bicyclic) bond motifs is 1. The number of furan rings is 1. The number of aromatic nitrogens is 1. The summed E-state index contributed by atoms with van der Waals surface area (Å²) in [4.78, 5) is 32.0. The molecule has 1 saturated heterocycles. The zero-order chi connectivity index (χ0) is 24.6. The molecule has 4 heterocycles. The normalized spacial score (nSPS) is 27.9. The molecule has 1 aliphatic carbocycles. The maximum atomic E-state index is 13.8. The lowest BCUT2D eigenvalue weighted by molar-refractivity contribution is -0.133. The molecule has 3 atom stereocenters. The van der Waals surface area contributed by atoms with Crippen molar-refractivity contribution in [2.45, 2.75) is 77.4 Å². The number of carbonyl (C=O) groups is 2. The van der Waals surface area contributed by atoms with Gasteiger partial charge in [0.1, 0.15) is 17.0 Å². The first-order valence-electron chi connectivity index (χ1n) is 13.4. The Morgan fingerprint density at radius 1 is 1.09 bits per heavy atom. The minimum Gasteiger partial charge on any atom is -0.463 e. The van der Waals surface area contributed by atoms with Gasteiger partial charge in [-0.1, -0.05) is 26.7 Å². The smallest absolute Gasteiger partial charge is 0.271 e. The Labute approximate surface area is 208 Å². The van der Waals surface area contributed by atoms with Gasteiger partial charge in [-0.2, -0.15) is 0 Å². The predicted molar refractivity (Wildman–Crippen MR) is 136 cm³/mol. The van der Waals surface area contributed by atoms with Crippen LogP contribution in [0.25, 0.3) is 11.5 Å². The van der Waals surface area contributed by atoms with Crippen LogP contribution in [0.15, 0.2) is 34.9 Å². The van der Waals surface area contributed by atoms with Gasteiger partial charge >= 0.3 is 0 Å². The molecule has 2 fully saturated rings. The lowest BCUT2D eigenvalue weighted by Crippen LogP contribution is -2.65. The van der Waals surface area contributed by atoms with Crippen molar-refractivity contribution in [2.24, 2.45) is 11.8 Å². The van der Waals surface area contributed by atoms with E-state index in [0.29, 0.717) is 36.4 Å². The van der Waals surface area contributed by atoms with Crippen LogP contribution in [0.1, 0.15) is 69.8 Å². The van der Waals surface area contributed by atoms with Gasteiger partial charge < -0.3 is 24.1 Å². The highest BCUT2D eigenvalue weighted by Gasteiger charge is 2.48. The van der Waals surface area contributed by atoms with E-state index in [2.05, 4.69) is 24.1 Å². The van der Waals surface area contributed by atoms with E-state index in [-0.39, 0.29) is 17.9 Å². The van der Waals surface area contributed by atoms with Crippen LogP contribution in [0.3, 0.4) is 0 Å². The van der Waals surface area contributed by atoms with E-state index in [1.165, 1.54) is 6.42 Å². The van der Waals surface area contributed by atoms with Gasteiger partial charge in [0.25, 0.3) is 5.91 Å². The zero-order valence-electron chi connectivity index (χ0n) is 21.5. The molecular formula is C28H40N4O3.